The monoisotopic (exact) mass is 331 g/mol. The van der Waals surface area contributed by atoms with Crippen LogP contribution in [-0.2, 0) is 4.79 Å². The molecular weight excluding hydrogens is 322 g/mol. The van der Waals surface area contributed by atoms with Crippen LogP contribution in [0.5, 0.6) is 0 Å². The number of anilines is 1. The van der Waals surface area contributed by atoms with Gasteiger partial charge in [-0.15, -0.1) is 10.2 Å². The molecule has 0 aliphatic rings. The first kappa shape index (κ1) is 14.5. The molecule has 0 aliphatic carbocycles. The summed E-state index contributed by atoms with van der Waals surface area (Å²) in [5.74, 6) is 0.294. The Hall–Kier alpha value is -2.44. The van der Waals surface area contributed by atoms with Crippen molar-refractivity contribution in [3.05, 3.63) is 59.5 Å². The molecule has 0 radical (unpaired) electrons. The van der Waals surface area contributed by atoms with Gasteiger partial charge in [0.15, 0.2) is 5.01 Å². The minimum Gasteiger partial charge on any atom is -0.465 e. The second-order valence-electron chi connectivity index (χ2n) is 4.23. The van der Waals surface area contributed by atoms with Crippen molar-refractivity contribution in [3.8, 4) is 10.6 Å². The SMILES string of the molecule is O=C(C=Cc1ccco1)Nc1nnc(-c2ccccc2Cl)s1. The molecule has 0 bridgehead atoms. The number of nitrogens with one attached hydrogen (secondary N) is 1. The van der Waals surface area contributed by atoms with Crippen LogP contribution in [-0.4, -0.2) is 16.1 Å². The Morgan fingerprint density at radius 3 is 2.86 bits per heavy atom. The van der Waals surface area contributed by atoms with Gasteiger partial charge in [-0.1, -0.05) is 41.1 Å². The largest absolute Gasteiger partial charge is 0.465 e. The van der Waals surface area contributed by atoms with E-state index in [4.69, 9.17) is 16.0 Å². The van der Waals surface area contributed by atoms with Gasteiger partial charge in [-0.3, -0.25) is 10.1 Å². The van der Waals surface area contributed by atoms with Crippen LogP contribution >= 0.6 is 22.9 Å². The Morgan fingerprint density at radius 1 is 1.23 bits per heavy atom. The van der Waals surface area contributed by atoms with Crippen molar-refractivity contribution < 1.29 is 9.21 Å². The lowest BCUT2D eigenvalue weighted by atomic mass is 10.2. The number of hydrogen-bond donors (Lipinski definition) is 1. The summed E-state index contributed by atoms with van der Waals surface area (Å²) in [5, 5.41) is 12.3. The minimum absolute atomic E-state index is 0.307. The first-order chi connectivity index (χ1) is 10.7. The third kappa shape index (κ3) is 3.41. The third-order valence-corrected chi connectivity index (χ3v) is 3.90. The number of rotatable bonds is 4. The van der Waals surface area contributed by atoms with Gasteiger partial charge in [0.1, 0.15) is 5.76 Å². The molecule has 0 saturated carbocycles. The normalized spacial score (nSPS) is 11.0. The third-order valence-electron chi connectivity index (χ3n) is 2.70. The molecule has 7 heteroatoms. The average Bonchev–Trinajstić information content (AvgIpc) is 3.17. The zero-order valence-electron chi connectivity index (χ0n) is 11.2. The van der Waals surface area contributed by atoms with Crippen LogP contribution in [0.3, 0.4) is 0 Å². The molecular formula is C15H10ClN3O2S. The van der Waals surface area contributed by atoms with E-state index in [2.05, 4.69) is 15.5 Å². The van der Waals surface area contributed by atoms with Crippen LogP contribution in [0.2, 0.25) is 5.02 Å². The molecule has 0 aliphatic heterocycles. The summed E-state index contributed by atoms with van der Waals surface area (Å²) < 4.78 is 5.10. The maximum Gasteiger partial charge on any atom is 0.250 e. The molecule has 0 spiro atoms. The van der Waals surface area contributed by atoms with Gasteiger partial charge in [-0.2, -0.15) is 0 Å². The molecule has 3 aromatic rings. The molecule has 1 N–H and O–H groups in total. The number of hydrogen-bond acceptors (Lipinski definition) is 5. The van der Waals surface area contributed by atoms with Crippen LogP contribution in [0, 0.1) is 0 Å². The fourth-order valence-electron chi connectivity index (χ4n) is 1.71. The quantitative estimate of drug-likeness (QED) is 0.731. The Balaban J connectivity index is 1.69. The zero-order chi connectivity index (χ0) is 15.4. The average molecular weight is 332 g/mol. The van der Waals surface area contributed by atoms with Gasteiger partial charge in [0.25, 0.3) is 0 Å². The van der Waals surface area contributed by atoms with E-state index in [-0.39, 0.29) is 5.91 Å². The summed E-state index contributed by atoms with van der Waals surface area (Å²) in [4.78, 5) is 11.8. The smallest absolute Gasteiger partial charge is 0.250 e. The van der Waals surface area contributed by atoms with Gasteiger partial charge >= 0.3 is 0 Å². The topological polar surface area (TPSA) is 68.0 Å². The summed E-state index contributed by atoms with van der Waals surface area (Å²) in [6.45, 7) is 0. The highest BCUT2D eigenvalue weighted by Gasteiger charge is 2.10. The van der Waals surface area contributed by atoms with E-state index < -0.39 is 0 Å². The highest BCUT2D eigenvalue weighted by atomic mass is 35.5. The highest BCUT2D eigenvalue weighted by Crippen LogP contribution is 2.31. The van der Waals surface area contributed by atoms with Crippen molar-refractivity contribution in [1.29, 1.82) is 0 Å². The number of furan rings is 1. The summed E-state index contributed by atoms with van der Waals surface area (Å²) in [5.41, 5.74) is 0.785. The second kappa shape index (κ2) is 6.55. The van der Waals surface area contributed by atoms with Gasteiger partial charge in [0.2, 0.25) is 11.0 Å². The lowest BCUT2D eigenvalue weighted by Gasteiger charge is -1.97. The van der Waals surface area contributed by atoms with E-state index in [1.807, 2.05) is 18.2 Å². The molecule has 0 atom stereocenters. The summed E-state index contributed by atoms with van der Waals surface area (Å²) >= 11 is 7.37. The molecule has 0 fully saturated rings. The number of benzene rings is 1. The molecule has 1 amide bonds. The fraction of sp³-hybridized carbons (Fsp3) is 0. The maximum absolute atomic E-state index is 11.8. The van der Waals surface area contributed by atoms with E-state index in [0.717, 1.165) is 5.56 Å². The van der Waals surface area contributed by atoms with Crippen LogP contribution in [0.4, 0.5) is 5.13 Å². The first-order valence-electron chi connectivity index (χ1n) is 6.33. The van der Waals surface area contributed by atoms with Crippen molar-refractivity contribution in [2.24, 2.45) is 0 Å². The Morgan fingerprint density at radius 2 is 2.09 bits per heavy atom. The van der Waals surface area contributed by atoms with Gasteiger partial charge in [0, 0.05) is 11.6 Å². The van der Waals surface area contributed by atoms with Crippen molar-refractivity contribution in [2.75, 3.05) is 5.32 Å². The Labute approximate surface area is 135 Å². The summed E-state index contributed by atoms with van der Waals surface area (Å²) in [6, 6.07) is 10.8. The minimum atomic E-state index is -0.307. The molecule has 22 heavy (non-hydrogen) atoms. The zero-order valence-corrected chi connectivity index (χ0v) is 12.8. The summed E-state index contributed by atoms with van der Waals surface area (Å²) in [6.07, 6.45) is 4.49. The number of aromatic nitrogens is 2. The lowest BCUT2D eigenvalue weighted by Crippen LogP contribution is -2.07. The van der Waals surface area contributed by atoms with Gasteiger partial charge in [-0.05, 0) is 24.3 Å². The molecule has 110 valence electrons. The van der Waals surface area contributed by atoms with Crippen LogP contribution in [0.25, 0.3) is 16.6 Å². The highest BCUT2D eigenvalue weighted by molar-refractivity contribution is 7.18. The number of halogens is 1. The molecule has 2 aromatic heterocycles. The molecule has 0 saturated heterocycles. The molecule has 3 rings (SSSR count). The van der Waals surface area contributed by atoms with E-state index >= 15 is 0 Å². The van der Waals surface area contributed by atoms with Gasteiger partial charge < -0.3 is 4.42 Å². The predicted molar refractivity (Wildman–Crippen MR) is 86.7 cm³/mol. The van der Waals surface area contributed by atoms with Crippen LogP contribution in [0.1, 0.15) is 5.76 Å². The standard InChI is InChI=1S/C15H10ClN3O2S/c16-12-6-2-1-5-11(12)14-18-19-15(22-14)17-13(20)8-7-10-4-3-9-21-10/h1-9H,(H,17,19,20). The van der Waals surface area contributed by atoms with Crippen LogP contribution in [0.15, 0.2) is 53.2 Å². The molecule has 5 nitrogen and oxygen atoms in total. The van der Waals surface area contributed by atoms with Crippen molar-refractivity contribution in [2.45, 2.75) is 0 Å². The van der Waals surface area contributed by atoms with Crippen molar-refractivity contribution >= 4 is 40.1 Å². The molecule has 2 heterocycles. The summed E-state index contributed by atoms with van der Waals surface area (Å²) in [7, 11) is 0. The second-order valence-corrected chi connectivity index (χ2v) is 5.61. The Kier molecular flexibility index (Phi) is 4.32. The van der Waals surface area contributed by atoms with E-state index in [1.54, 1.807) is 24.3 Å². The number of amides is 1. The Bertz CT molecular complexity index is 812. The lowest BCUT2D eigenvalue weighted by molar-refractivity contribution is -0.111. The maximum atomic E-state index is 11.8. The van der Waals surface area contributed by atoms with E-state index in [9.17, 15) is 4.79 Å². The number of nitrogens with zero attached hydrogens (tertiary/aromatic N) is 2. The van der Waals surface area contributed by atoms with Crippen molar-refractivity contribution in [1.82, 2.24) is 10.2 Å². The molecule has 1 aromatic carbocycles. The van der Waals surface area contributed by atoms with E-state index in [0.29, 0.717) is 20.9 Å². The predicted octanol–water partition coefficient (Wildman–Crippen LogP) is 4.10. The van der Waals surface area contributed by atoms with Crippen LogP contribution < -0.4 is 5.32 Å². The number of carbonyl (C=O) groups is 1. The van der Waals surface area contributed by atoms with E-state index in [1.165, 1.54) is 23.7 Å². The van der Waals surface area contributed by atoms with Gasteiger partial charge in [0.05, 0.1) is 11.3 Å². The first-order valence-corrected chi connectivity index (χ1v) is 7.53. The van der Waals surface area contributed by atoms with Crippen molar-refractivity contribution in [3.63, 3.8) is 0 Å². The number of carbonyl (C=O) groups excluding carboxylic acids is 1. The fourth-order valence-corrected chi connectivity index (χ4v) is 2.78. The van der Waals surface area contributed by atoms with Gasteiger partial charge in [-0.25, -0.2) is 0 Å². The molecule has 0 unspecified atom stereocenters.